The number of nitrogens with zero attached hydrogens (tertiary/aromatic N) is 1. The van der Waals surface area contributed by atoms with Crippen molar-refractivity contribution in [2.45, 2.75) is 25.8 Å². The molecule has 116 valence electrons. The monoisotopic (exact) mass is 314 g/mol. The molecule has 0 aliphatic carbocycles. The summed E-state index contributed by atoms with van der Waals surface area (Å²) >= 11 is 5.69. The Morgan fingerprint density at radius 2 is 2.38 bits per heavy atom. The van der Waals surface area contributed by atoms with Crippen LogP contribution in [0.4, 0.5) is 4.39 Å². The zero-order valence-electron chi connectivity index (χ0n) is 12.1. The van der Waals surface area contributed by atoms with Crippen molar-refractivity contribution in [1.82, 2.24) is 10.2 Å². The van der Waals surface area contributed by atoms with Gasteiger partial charge in [0.15, 0.2) is 6.61 Å². The van der Waals surface area contributed by atoms with Crippen LogP contribution in [0.3, 0.4) is 0 Å². The molecule has 1 N–H and O–H groups in total. The van der Waals surface area contributed by atoms with Crippen LogP contribution in [0.25, 0.3) is 0 Å². The van der Waals surface area contributed by atoms with Crippen LogP contribution < -0.4 is 10.1 Å². The van der Waals surface area contributed by atoms with E-state index in [1.165, 1.54) is 18.2 Å². The van der Waals surface area contributed by atoms with Crippen LogP contribution in [0, 0.1) is 5.82 Å². The Kier molecular flexibility index (Phi) is 5.82. The zero-order valence-corrected chi connectivity index (χ0v) is 12.8. The van der Waals surface area contributed by atoms with Gasteiger partial charge in [-0.05, 0) is 31.5 Å². The minimum absolute atomic E-state index is 0.00893. The molecule has 0 saturated carbocycles. The average molecular weight is 315 g/mol. The van der Waals surface area contributed by atoms with Crippen molar-refractivity contribution < 1.29 is 13.9 Å². The van der Waals surface area contributed by atoms with Gasteiger partial charge >= 0.3 is 0 Å². The second kappa shape index (κ2) is 7.61. The van der Waals surface area contributed by atoms with Gasteiger partial charge < -0.3 is 15.0 Å². The fourth-order valence-electron chi connectivity index (χ4n) is 2.45. The van der Waals surface area contributed by atoms with Gasteiger partial charge in [0.1, 0.15) is 11.6 Å². The Bertz CT molecular complexity index is 493. The Hall–Kier alpha value is -1.33. The molecule has 4 nitrogen and oxygen atoms in total. The van der Waals surface area contributed by atoms with Crippen LogP contribution in [-0.4, -0.2) is 43.1 Å². The van der Waals surface area contributed by atoms with Crippen LogP contribution >= 0.6 is 11.6 Å². The smallest absolute Gasteiger partial charge is 0.260 e. The molecule has 1 aliphatic heterocycles. The maximum absolute atomic E-state index is 13.1. The highest BCUT2D eigenvalue weighted by atomic mass is 35.5. The fraction of sp³-hybridized carbons (Fsp3) is 0.533. The van der Waals surface area contributed by atoms with E-state index in [1.54, 1.807) is 0 Å². The summed E-state index contributed by atoms with van der Waals surface area (Å²) in [6, 6.07) is 4.31. The van der Waals surface area contributed by atoms with Gasteiger partial charge in [0.2, 0.25) is 0 Å². The first-order valence-corrected chi connectivity index (χ1v) is 7.57. The van der Waals surface area contributed by atoms with Crippen molar-refractivity contribution in [3.8, 4) is 5.75 Å². The molecule has 1 heterocycles. The van der Waals surface area contributed by atoms with Crippen molar-refractivity contribution in [1.29, 1.82) is 0 Å². The second-order valence-corrected chi connectivity index (χ2v) is 5.51. The minimum atomic E-state index is -0.500. The van der Waals surface area contributed by atoms with Crippen LogP contribution in [0.1, 0.15) is 19.8 Å². The molecule has 0 spiro atoms. The molecule has 1 saturated heterocycles. The standard InChI is InChI=1S/C15H20ClFN2O2/c1-2-7-19(11-5-6-18-9-11)15(20)10-21-12-3-4-14(17)13(16)8-12/h3-4,8,11,18H,2,5-7,9-10H2,1H3. The van der Waals surface area contributed by atoms with E-state index in [2.05, 4.69) is 5.32 Å². The van der Waals surface area contributed by atoms with Gasteiger partial charge in [-0.1, -0.05) is 18.5 Å². The third kappa shape index (κ3) is 4.32. The normalized spacial score (nSPS) is 17.8. The van der Waals surface area contributed by atoms with Crippen LogP contribution in [0.5, 0.6) is 5.75 Å². The van der Waals surface area contributed by atoms with E-state index in [0.717, 1.165) is 32.5 Å². The van der Waals surface area contributed by atoms with Gasteiger partial charge in [0.25, 0.3) is 5.91 Å². The summed E-state index contributed by atoms with van der Waals surface area (Å²) in [6.45, 7) is 4.47. The van der Waals surface area contributed by atoms with Crippen molar-refractivity contribution in [3.63, 3.8) is 0 Å². The molecule has 0 bridgehead atoms. The molecular weight excluding hydrogens is 295 g/mol. The zero-order chi connectivity index (χ0) is 15.2. The molecule has 1 aromatic carbocycles. The van der Waals surface area contributed by atoms with Crippen molar-refractivity contribution in [2.75, 3.05) is 26.2 Å². The maximum Gasteiger partial charge on any atom is 0.260 e. The summed E-state index contributed by atoms with van der Waals surface area (Å²) in [5.41, 5.74) is 0. The Balaban J connectivity index is 1.93. The van der Waals surface area contributed by atoms with Crippen molar-refractivity contribution >= 4 is 17.5 Å². The lowest BCUT2D eigenvalue weighted by Crippen LogP contribution is -2.44. The Morgan fingerprint density at radius 1 is 1.57 bits per heavy atom. The van der Waals surface area contributed by atoms with Gasteiger partial charge in [0.05, 0.1) is 5.02 Å². The van der Waals surface area contributed by atoms with E-state index < -0.39 is 5.82 Å². The number of halogens is 2. The largest absolute Gasteiger partial charge is 0.484 e. The van der Waals surface area contributed by atoms with E-state index in [4.69, 9.17) is 16.3 Å². The predicted octanol–water partition coefficient (Wildman–Crippen LogP) is 2.46. The quantitative estimate of drug-likeness (QED) is 0.877. The molecule has 1 fully saturated rings. The summed E-state index contributed by atoms with van der Waals surface area (Å²) in [7, 11) is 0. The highest BCUT2D eigenvalue weighted by Crippen LogP contribution is 2.21. The summed E-state index contributed by atoms with van der Waals surface area (Å²) in [5, 5.41) is 3.25. The van der Waals surface area contributed by atoms with Crippen LogP contribution in [0.15, 0.2) is 18.2 Å². The fourth-order valence-corrected chi connectivity index (χ4v) is 2.62. The van der Waals surface area contributed by atoms with Gasteiger partial charge in [-0.2, -0.15) is 0 Å². The number of nitrogens with one attached hydrogen (secondary N) is 1. The highest BCUT2D eigenvalue weighted by Gasteiger charge is 2.25. The first-order valence-electron chi connectivity index (χ1n) is 7.20. The Labute approximate surface area is 129 Å². The lowest BCUT2D eigenvalue weighted by atomic mass is 10.2. The third-order valence-corrected chi connectivity index (χ3v) is 3.80. The van der Waals surface area contributed by atoms with Crippen LogP contribution in [0.2, 0.25) is 5.02 Å². The maximum atomic E-state index is 13.1. The summed E-state index contributed by atoms with van der Waals surface area (Å²) < 4.78 is 18.5. The van der Waals surface area contributed by atoms with Gasteiger partial charge in [-0.3, -0.25) is 4.79 Å². The van der Waals surface area contributed by atoms with Crippen molar-refractivity contribution in [3.05, 3.63) is 29.0 Å². The molecule has 6 heteroatoms. The van der Waals surface area contributed by atoms with Gasteiger partial charge in [-0.15, -0.1) is 0 Å². The number of carbonyl (C=O) groups excluding carboxylic acids is 1. The average Bonchev–Trinajstić information content (AvgIpc) is 2.99. The molecule has 1 unspecified atom stereocenters. The van der Waals surface area contributed by atoms with Gasteiger partial charge in [-0.25, -0.2) is 4.39 Å². The Morgan fingerprint density at radius 3 is 3.00 bits per heavy atom. The number of benzene rings is 1. The molecular formula is C15H20ClFN2O2. The second-order valence-electron chi connectivity index (χ2n) is 5.10. The predicted molar refractivity (Wildman–Crippen MR) is 80.2 cm³/mol. The third-order valence-electron chi connectivity index (χ3n) is 3.51. The molecule has 21 heavy (non-hydrogen) atoms. The topological polar surface area (TPSA) is 41.6 Å². The lowest BCUT2D eigenvalue weighted by molar-refractivity contribution is -0.135. The minimum Gasteiger partial charge on any atom is -0.484 e. The number of hydrogen-bond donors (Lipinski definition) is 1. The summed E-state index contributed by atoms with van der Waals surface area (Å²) in [4.78, 5) is 14.2. The number of carbonyl (C=O) groups is 1. The number of rotatable bonds is 6. The van der Waals surface area contributed by atoms with E-state index in [1.807, 2.05) is 11.8 Å². The molecule has 1 amide bonds. The first kappa shape index (κ1) is 16.0. The molecule has 2 rings (SSSR count). The van der Waals surface area contributed by atoms with Crippen molar-refractivity contribution in [2.24, 2.45) is 0 Å². The molecule has 0 radical (unpaired) electrons. The van der Waals surface area contributed by atoms with E-state index in [9.17, 15) is 9.18 Å². The molecule has 1 aliphatic rings. The number of hydrogen-bond acceptors (Lipinski definition) is 3. The van der Waals surface area contributed by atoms with E-state index in [0.29, 0.717) is 5.75 Å². The number of ether oxygens (including phenoxy) is 1. The molecule has 1 atom stereocenters. The highest BCUT2D eigenvalue weighted by molar-refractivity contribution is 6.30. The number of amides is 1. The summed E-state index contributed by atoms with van der Waals surface area (Å²) in [6.07, 6.45) is 1.87. The van der Waals surface area contributed by atoms with E-state index >= 15 is 0 Å². The lowest BCUT2D eigenvalue weighted by Gasteiger charge is -2.28. The van der Waals surface area contributed by atoms with Crippen LogP contribution in [-0.2, 0) is 4.79 Å². The first-order chi connectivity index (χ1) is 10.1. The SMILES string of the molecule is CCCN(C(=O)COc1ccc(F)c(Cl)c1)C1CCNC1. The summed E-state index contributed by atoms with van der Waals surface area (Å²) in [5.74, 6) is -0.151. The molecule has 1 aromatic rings. The molecule has 0 aromatic heterocycles. The van der Waals surface area contributed by atoms with E-state index in [-0.39, 0.29) is 23.6 Å². The van der Waals surface area contributed by atoms with Gasteiger partial charge in [0, 0.05) is 25.2 Å².